The molecule has 0 bridgehead atoms. The maximum absolute atomic E-state index is 5.68. The summed E-state index contributed by atoms with van der Waals surface area (Å²) < 4.78 is 0. The van der Waals surface area contributed by atoms with Crippen LogP contribution in [0.1, 0.15) is 25.7 Å². The van der Waals surface area contributed by atoms with E-state index in [0.717, 1.165) is 11.7 Å². The van der Waals surface area contributed by atoms with E-state index in [-0.39, 0.29) is 0 Å². The van der Waals surface area contributed by atoms with E-state index in [9.17, 15) is 0 Å². The van der Waals surface area contributed by atoms with Crippen molar-refractivity contribution in [1.82, 2.24) is 4.90 Å². The number of benzene rings is 1. The van der Waals surface area contributed by atoms with E-state index in [1.165, 1.54) is 31.4 Å². The molecule has 3 nitrogen and oxygen atoms in total. The smallest absolute Gasteiger partial charge is 0.0343 e. The van der Waals surface area contributed by atoms with Crippen LogP contribution >= 0.6 is 0 Å². The van der Waals surface area contributed by atoms with E-state index in [4.69, 9.17) is 5.73 Å². The summed E-state index contributed by atoms with van der Waals surface area (Å²) in [5.41, 5.74) is 7.69. The molecule has 3 heteroatoms. The first kappa shape index (κ1) is 12.2. The monoisotopic (exact) mass is 233 g/mol. The van der Waals surface area contributed by atoms with Gasteiger partial charge in [-0.1, -0.05) is 0 Å². The van der Waals surface area contributed by atoms with Gasteiger partial charge in [-0.3, -0.25) is 0 Å². The predicted octanol–water partition coefficient (Wildman–Crippen LogP) is 2.55. The van der Waals surface area contributed by atoms with Crippen LogP contribution in [0.2, 0.25) is 0 Å². The van der Waals surface area contributed by atoms with Crippen molar-refractivity contribution in [3.63, 3.8) is 0 Å². The van der Waals surface area contributed by atoms with Gasteiger partial charge in [-0.2, -0.15) is 0 Å². The van der Waals surface area contributed by atoms with E-state index >= 15 is 0 Å². The molecule has 0 amide bonds. The second-order valence-electron chi connectivity index (χ2n) is 5.24. The quantitative estimate of drug-likeness (QED) is 0.788. The van der Waals surface area contributed by atoms with Crippen LogP contribution in [-0.4, -0.2) is 31.1 Å². The van der Waals surface area contributed by atoms with Crippen LogP contribution in [-0.2, 0) is 0 Å². The number of hydrogen-bond acceptors (Lipinski definition) is 3. The molecular formula is C14H23N3. The van der Waals surface area contributed by atoms with Crippen LogP contribution in [0, 0.1) is 0 Å². The second kappa shape index (κ2) is 5.41. The minimum atomic E-state index is 0.620. The van der Waals surface area contributed by atoms with Gasteiger partial charge >= 0.3 is 0 Å². The van der Waals surface area contributed by atoms with Crippen LogP contribution < -0.4 is 11.1 Å². The van der Waals surface area contributed by atoms with Crippen molar-refractivity contribution in [3.05, 3.63) is 24.3 Å². The van der Waals surface area contributed by atoms with E-state index in [1.54, 1.807) is 0 Å². The zero-order chi connectivity index (χ0) is 12.3. The Kier molecular flexibility index (Phi) is 3.89. The van der Waals surface area contributed by atoms with Gasteiger partial charge in [-0.25, -0.2) is 0 Å². The average Bonchev–Trinajstić information content (AvgIpc) is 2.33. The molecule has 0 aliphatic heterocycles. The lowest BCUT2D eigenvalue weighted by Crippen LogP contribution is -2.36. The Morgan fingerprint density at radius 2 is 1.65 bits per heavy atom. The van der Waals surface area contributed by atoms with Gasteiger partial charge in [0, 0.05) is 23.5 Å². The molecule has 0 atom stereocenters. The van der Waals surface area contributed by atoms with Gasteiger partial charge in [0.2, 0.25) is 0 Å². The lowest BCUT2D eigenvalue weighted by molar-refractivity contribution is 0.221. The lowest BCUT2D eigenvalue weighted by atomic mass is 9.90. The van der Waals surface area contributed by atoms with Crippen molar-refractivity contribution in [3.8, 4) is 0 Å². The summed E-state index contributed by atoms with van der Waals surface area (Å²) in [5.74, 6) is 0. The van der Waals surface area contributed by atoms with Crippen molar-refractivity contribution >= 4 is 11.4 Å². The first-order valence-corrected chi connectivity index (χ1v) is 6.43. The molecule has 1 aromatic rings. The molecule has 1 fully saturated rings. The number of hydrogen-bond donors (Lipinski definition) is 2. The Hall–Kier alpha value is -1.22. The predicted molar refractivity (Wildman–Crippen MR) is 74.2 cm³/mol. The topological polar surface area (TPSA) is 41.3 Å². The largest absolute Gasteiger partial charge is 0.399 e. The minimum absolute atomic E-state index is 0.620. The summed E-state index contributed by atoms with van der Waals surface area (Å²) in [6.07, 6.45) is 5.10. The van der Waals surface area contributed by atoms with Gasteiger partial charge in [0.25, 0.3) is 0 Å². The fraction of sp³-hybridized carbons (Fsp3) is 0.571. The summed E-state index contributed by atoms with van der Waals surface area (Å²) in [5, 5.41) is 3.59. The lowest BCUT2D eigenvalue weighted by Gasteiger charge is -2.33. The standard InChI is InChI=1S/C14H23N3/c1-17(2)14-9-7-13(8-10-14)16-12-5-3-11(15)4-6-12/h3-6,13-14,16H,7-10,15H2,1-2H3. The van der Waals surface area contributed by atoms with Gasteiger partial charge in [-0.05, 0) is 64.0 Å². The first-order valence-electron chi connectivity index (χ1n) is 6.43. The van der Waals surface area contributed by atoms with Crippen LogP contribution in [0.5, 0.6) is 0 Å². The third kappa shape index (κ3) is 3.37. The molecule has 2 rings (SSSR count). The van der Waals surface area contributed by atoms with Gasteiger partial charge in [0.15, 0.2) is 0 Å². The number of rotatable bonds is 3. The molecule has 3 N–H and O–H groups in total. The minimum Gasteiger partial charge on any atom is -0.399 e. The van der Waals surface area contributed by atoms with Crippen molar-refractivity contribution in [2.75, 3.05) is 25.1 Å². The molecule has 0 unspecified atom stereocenters. The van der Waals surface area contributed by atoms with E-state index in [1.807, 2.05) is 12.1 Å². The molecule has 0 spiro atoms. The Labute approximate surface area is 104 Å². The van der Waals surface area contributed by atoms with Crippen molar-refractivity contribution in [2.24, 2.45) is 0 Å². The Balaban J connectivity index is 1.84. The molecule has 1 aliphatic rings. The highest BCUT2D eigenvalue weighted by Gasteiger charge is 2.21. The number of anilines is 2. The Morgan fingerprint density at radius 3 is 2.18 bits per heavy atom. The van der Waals surface area contributed by atoms with Crippen molar-refractivity contribution in [1.29, 1.82) is 0 Å². The molecule has 0 heterocycles. The van der Waals surface area contributed by atoms with E-state index < -0.39 is 0 Å². The average molecular weight is 233 g/mol. The van der Waals surface area contributed by atoms with Crippen molar-refractivity contribution in [2.45, 2.75) is 37.8 Å². The summed E-state index contributed by atoms with van der Waals surface area (Å²) in [4.78, 5) is 2.35. The molecule has 1 saturated carbocycles. The van der Waals surface area contributed by atoms with E-state index in [2.05, 4.69) is 36.4 Å². The molecule has 94 valence electrons. The normalized spacial score (nSPS) is 24.9. The zero-order valence-corrected chi connectivity index (χ0v) is 10.8. The molecule has 0 aromatic heterocycles. The highest BCUT2D eigenvalue weighted by atomic mass is 15.1. The summed E-state index contributed by atoms with van der Waals surface area (Å²) in [7, 11) is 4.36. The van der Waals surface area contributed by atoms with Crippen LogP contribution in [0.25, 0.3) is 0 Å². The summed E-state index contributed by atoms with van der Waals surface area (Å²) in [6, 6.07) is 9.41. The highest BCUT2D eigenvalue weighted by molar-refractivity contribution is 5.51. The molecule has 17 heavy (non-hydrogen) atoms. The SMILES string of the molecule is CN(C)C1CCC(Nc2ccc(N)cc2)CC1. The van der Waals surface area contributed by atoms with Gasteiger partial charge < -0.3 is 16.0 Å². The number of nitrogens with two attached hydrogens (primary N) is 1. The molecule has 1 aliphatic carbocycles. The number of nitrogens with zero attached hydrogens (tertiary/aromatic N) is 1. The third-order valence-electron chi connectivity index (χ3n) is 3.71. The Morgan fingerprint density at radius 1 is 1.06 bits per heavy atom. The first-order chi connectivity index (χ1) is 8.15. The van der Waals surface area contributed by atoms with Crippen LogP contribution in [0.15, 0.2) is 24.3 Å². The zero-order valence-electron chi connectivity index (χ0n) is 10.8. The fourth-order valence-electron chi connectivity index (χ4n) is 2.55. The van der Waals surface area contributed by atoms with Crippen molar-refractivity contribution < 1.29 is 0 Å². The number of nitrogen functional groups attached to an aromatic ring is 1. The molecule has 1 aromatic carbocycles. The van der Waals surface area contributed by atoms with Gasteiger partial charge in [0.1, 0.15) is 0 Å². The highest BCUT2D eigenvalue weighted by Crippen LogP contribution is 2.24. The molecular weight excluding hydrogens is 210 g/mol. The van der Waals surface area contributed by atoms with Gasteiger partial charge in [-0.15, -0.1) is 0 Å². The van der Waals surface area contributed by atoms with Crippen LogP contribution in [0.4, 0.5) is 11.4 Å². The molecule has 0 radical (unpaired) electrons. The maximum Gasteiger partial charge on any atom is 0.0343 e. The third-order valence-corrected chi connectivity index (χ3v) is 3.71. The maximum atomic E-state index is 5.68. The number of nitrogens with one attached hydrogen (secondary N) is 1. The molecule has 0 saturated heterocycles. The van der Waals surface area contributed by atoms with Gasteiger partial charge in [0.05, 0.1) is 0 Å². The van der Waals surface area contributed by atoms with E-state index in [0.29, 0.717) is 6.04 Å². The summed E-state index contributed by atoms with van der Waals surface area (Å²) >= 11 is 0. The fourth-order valence-corrected chi connectivity index (χ4v) is 2.55. The van der Waals surface area contributed by atoms with Crippen LogP contribution in [0.3, 0.4) is 0 Å². The second-order valence-corrected chi connectivity index (χ2v) is 5.24. The summed E-state index contributed by atoms with van der Waals surface area (Å²) in [6.45, 7) is 0. The Bertz CT molecular complexity index is 337.